The van der Waals surface area contributed by atoms with E-state index in [1.54, 1.807) is 0 Å². The van der Waals surface area contributed by atoms with Crippen LogP contribution in [-0.4, -0.2) is 29.9 Å². The molecule has 4 rings (SSSR count). The first-order chi connectivity index (χ1) is 13.1. The number of nitrogens with zero attached hydrogens (tertiary/aromatic N) is 1. The van der Waals surface area contributed by atoms with Gasteiger partial charge in [0.1, 0.15) is 0 Å². The second kappa shape index (κ2) is 7.47. The van der Waals surface area contributed by atoms with Crippen molar-refractivity contribution in [1.82, 2.24) is 4.90 Å². The van der Waals surface area contributed by atoms with E-state index in [2.05, 4.69) is 54.3 Å². The third kappa shape index (κ3) is 3.41. The second-order valence-electron chi connectivity index (χ2n) is 8.37. The molecule has 3 heteroatoms. The Labute approximate surface area is 162 Å². The smallest absolute Gasteiger partial charge is 0.248 e. The van der Waals surface area contributed by atoms with Gasteiger partial charge in [0.2, 0.25) is 5.91 Å². The highest BCUT2D eigenvalue weighted by molar-refractivity contribution is 5.93. The predicted molar refractivity (Wildman–Crippen MR) is 110 cm³/mol. The number of fused-ring (bicyclic) bond motifs is 2. The van der Waals surface area contributed by atoms with Crippen LogP contribution in [0.3, 0.4) is 0 Å². The van der Waals surface area contributed by atoms with Crippen molar-refractivity contribution >= 4 is 5.91 Å². The highest BCUT2D eigenvalue weighted by Gasteiger charge is 2.49. The monoisotopic (exact) mass is 362 g/mol. The molecule has 2 aliphatic rings. The average molecular weight is 363 g/mol. The van der Waals surface area contributed by atoms with Crippen molar-refractivity contribution in [2.75, 3.05) is 13.1 Å². The van der Waals surface area contributed by atoms with Crippen molar-refractivity contribution in [3.63, 3.8) is 0 Å². The summed E-state index contributed by atoms with van der Waals surface area (Å²) >= 11 is 0. The Morgan fingerprint density at radius 1 is 1.15 bits per heavy atom. The lowest BCUT2D eigenvalue weighted by Gasteiger charge is -2.56. The average Bonchev–Trinajstić information content (AvgIpc) is 2.68. The summed E-state index contributed by atoms with van der Waals surface area (Å²) in [6.45, 7) is 4.70. The molecule has 2 aromatic rings. The molecule has 27 heavy (non-hydrogen) atoms. The number of hydrogen-bond donors (Lipinski definition) is 1. The minimum absolute atomic E-state index is 0.192. The van der Waals surface area contributed by atoms with E-state index in [4.69, 9.17) is 5.73 Å². The normalized spacial score (nSPS) is 28.0. The molecule has 3 atom stereocenters. The number of carbonyl (C=O) groups excluding carboxylic acids is 1. The number of nitrogens with two attached hydrogens (primary N) is 1. The molecule has 1 amide bonds. The molecular weight excluding hydrogens is 332 g/mol. The summed E-state index contributed by atoms with van der Waals surface area (Å²) in [5.74, 6) is 0.271. The van der Waals surface area contributed by atoms with Gasteiger partial charge in [-0.05, 0) is 61.4 Å². The van der Waals surface area contributed by atoms with Crippen LogP contribution in [-0.2, 0) is 11.8 Å². The van der Waals surface area contributed by atoms with Crippen molar-refractivity contribution in [3.05, 3.63) is 71.3 Å². The lowest BCUT2D eigenvalue weighted by molar-refractivity contribution is -0.00236. The maximum Gasteiger partial charge on any atom is 0.248 e. The fraction of sp³-hybridized carbons (Fsp3) is 0.458. The number of amides is 1. The number of likely N-dealkylation sites (tertiary alicyclic amines) is 1. The molecule has 2 aromatic carbocycles. The molecule has 0 aromatic heterocycles. The molecule has 1 heterocycles. The third-order valence-corrected chi connectivity index (χ3v) is 7.14. The van der Waals surface area contributed by atoms with Crippen LogP contribution in [0.15, 0.2) is 54.6 Å². The first-order valence-corrected chi connectivity index (χ1v) is 10.3. The Morgan fingerprint density at radius 2 is 1.96 bits per heavy atom. The van der Waals surface area contributed by atoms with Gasteiger partial charge in [-0.15, -0.1) is 0 Å². The summed E-state index contributed by atoms with van der Waals surface area (Å²) in [6.07, 6.45) is 6.06. The maximum atomic E-state index is 11.7. The topological polar surface area (TPSA) is 46.3 Å². The molecule has 1 aliphatic heterocycles. The zero-order chi connectivity index (χ0) is 18.9. The molecule has 1 saturated carbocycles. The van der Waals surface area contributed by atoms with Crippen molar-refractivity contribution < 1.29 is 4.79 Å². The van der Waals surface area contributed by atoms with Crippen molar-refractivity contribution in [2.24, 2.45) is 11.7 Å². The molecule has 142 valence electrons. The van der Waals surface area contributed by atoms with Crippen molar-refractivity contribution in [1.29, 1.82) is 0 Å². The first-order valence-electron chi connectivity index (χ1n) is 10.3. The highest BCUT2D eigenvalue weighted by atomic mass is 16.1. The molecule has 2 fully saturated rings. The van der Waals surface area contributed by atoms with Gasteiger partial charge in [-0.3, -0.25) is 9.69 Å². The van der Waals surface area contributed by atoms with Gasteiger partial charge in [0.25, 0.3) is 0 Å². The SMILES string of the molecule is C[C@H]1C2CCC[C@]1(c1cccc(C(N)=O)c1)CCN2CCc1ccccc1. The van der Waals surface area contributed by atoms with E-state index in [0.717, 1.165) is 19.5 Å². The van der Waals surface area contributed by atoms with Crippen molar-refractivity contribution in [3.8, 4) is 0 Å². The number of carbonyl (C=O) groups is 1. The number of piperidine rings is 1. The molecular formula is C24H30N2O. The van der Waals surface area contributed by atoms with E-state index in [9.17, 15) is 4.79 Å². The molecule has 1 aliphatic carbocycles. The van der Waals surface area contributed by atoms with Crippen LogP contribution in [0.5, 0.6) is 0 Å². The van der Waals surface area contributed by atoms with E-state index in [-0.39, 0.29) is 11.3 Å². The van der Waals surface area contributed by atoms with Crippen LogP contribution >= 0.6 is 0 Å². The Hall–Kier alpha value is -2.13. The van der Waals surface area contributed by atoms with E-state index >= 15 is 0 Å². The zero-order valence-corrected chi connectivity index (χ0v) is 16.2. The Bertz CT molecular complexity index is 803. The first kappa shape index (κ1) is 18.2. The summed E-state index contributed by atoms with van der Waals surface area (Å²) in [5.41, 5.74) is 9.12. The number of hydrogen-bond acceptors (Lipinski definition) is 2. The summed E-state index contributed by atoms with van der Waals surface area (Å²) in [4.78, 5) is 14.4. The Balaban J connectivity index is 1.54. The lowest BCUT2D eigenvalue weighted by atomic mass is 9.57. The van der Waals surface area contributed by atoms with E-state index in [1.807, 2.05) is 12.1 Å². The minimum Gasteiger partial charge on any atom is -0.366 e. The molecule has 0 radical (unpaired) electrons. The van der Waals surface area contributed by atoms with E-state index in [0.29, 0.717) is 17.5 Å². The van der Waals surface area contributed by atoms with Crippen LogP contribution in [0.1, 0.15) is 54.1 Å². The number of primary amides is 1. The minimum atomic E-state index is -0.325. The fourth-order valence-electron chi connectivity index (χ4n) is 5.56. The molecule has 1 saturated heterocycles. The van der Waals surface area contributed by atoms with Gasteiger partial charge in [-0.25, -0.2) is 0 Å². The predicted octanol–water partition coefficient (Wildman–Crippen LogP) is 4.16. The van der Waals surface area contributed by atoms with Crippen LogP contribution in [0, 0.1) is 5.92 Å². The Morgan fingerprint density at radius 3 is 2.74 bits per heavy atom. The Kier molecular flexibility index (Phi) is 5.05. The summed E-state index contributed by atoms with van der Waals surface area (Å²) in [6, 6.07) is 19.5. The number of rotatable bonds is 5. The van der Waals surface area contributed by atoms with Crippen LogP contribution in [0.4, 0.5) is 0 Å². The highest BCUT2D eigenvalue weighted by Crippen LogP contribution is 2.50. The van der Waals surface area contributed by atoms with Gasteiger partial charge < -0.3 is 5.73 Å². The second-order valence-corrected chi connectivity index (χ2v) is 8.37. The number of benzene rings is 2. The molecule has 1 unspecified atom stereocenters. The molecule has 0 spiro atoms. The molecule has 2 N–H and O–H groups in total. The zero-order valence-electron chi connectivity index (χ0n) is 16.2. The summed E-state index contributed by atoms with van der Waals surface area (Å²) in [5, 5.41) is 0. The van der Waals surface area contributed by atoms with Crippen molar-refractivity contribution in [2.45, 2.75) is 50.5 Å². The van der Waals surface area contributed by atoms with E-state index in [1.165, 1.54) is 36.8 Å². The van der Waals surface area contributed by atoms with Crippen LogP contribution in [0.2, 0.25) is 0 Å². The van der Waals surface area contributed by atoms with Crippen LogP contribution < -0.4 is 5.73 Å². The summed E-state index contributed by atoms with van der Waals surface area (Å²) in [7, 11) is 0. The van der Waals surface area contributed by atoms with Gasteiger partial charge in [-0.1, -0.05) is 55.8 Å². The molecule has 2 bridgehead atoms. The van der Waals surface area contributed by atoms with Gasteiger partial charge >= 0.3 is 0 Å². The quantitative estimate of drug-likeness (QED) is 0.868. The standard InChI is InChI=1S/C24H30N2O/c1-18-22-11-6-13-24(18,21-10-5-9-20(17-21)23(25)27)14-16-26(22)15-12-19-7-3-2-4-8-19/h2-5,7-10,17-18,22H,6,11-16H2,1H3,(H2,25,27)/t18-,22?,24-/m0/s1. The summed E-state index contributed by atoms with van der Waals surface area (Å²) < 4.78 is 0. The fourth-order valence-corrected chi connectivity index (χ4v) is 5.56. The largest absolute Gasteiger partial charge is 0.366 e. The lowest BCUT2D eigenvalue weighted by Crippen LogP contribution is -2.58. The van der Waals surface area contributed by atoms with Crippen LogP contribution in [0.25, 0.3) is 0 Å². The molecule has 3 nitrogen and oxygen atoms in total. The van der Waals surface area contributed by atoms with E-state index < -0.39 is 0 Å². The van der Waals surface area contributed by atoms with Gasteiger partial charge in [0, 0.05) is 23.6 Å². The van der Waals surface area contributed by atoms with Gasteiger partial charge in [-0.2, -0.15) is 0 Å². The van der Waals surface area contributed by atoms with Gasteiger partial charge in [0.05, 0.1) is 0 Å². The maximum absolute atomic E-state index is 11.7. The van der Waals surface area contributed by atoms with Gasteiger partial charge in [0.15, 0.2) is 0 Å². The third-order valence-electron chi connectivity index (χ3n) is 7.14.